The molecule has 45 heteroatoms. The maximum Gasteiger partial charge on any atom is 0.313 e. The number of carbonyl (C=O) groups excluding carboxylic acids is 1. The molecule has 0 atom stereocenters. The highest BCUT2D eigenvalue weighted by Crippen LogP contribution is 2.34. The fraction of sp³-hybridized carbons (Fsp3) is 0.638. The number of hydrogen-bond acceptors (Lipinski definition) is 34. The predicted octanol–water partition coefficient (Wildman–Crippen LogP) is 9.48. The van der Waals surface area contributed by atoms with Gasteiger partial charge < -0.3 is 131 Å². The van der Waals surface area contributed by atoms with E-state index in [0.29, 0.717) is 249 Å². The van der Waals surface area contributed by atoms with Crippen molar-refractivity contribution >= 4 is 78.6 Å². The molecule has 780 valence electrons. The Morgan fingerprint density at radius 1 is 0.331 bits per heavy atom. The van der Waals surface area contributed by atoms with E-state index in [1.54, 1.807) is 0 Å². The number of nitrogens with two attached hydrogens (primary N) is 2. The van der Waals surface area contributed by atoms with Crippen molar-refractivity contribution in [2.45, 2.75) is 65.5 Å². The summed E-state index contributed by atoms with van der Waals surface area (Å²) >= 11 is 0. The largest absolute Gasteiger partial charge is 0.503 e. The van der Waals surface area contributed by atoms with Gasteiger partial charge in [0.1, 0.15) is 11.0 Å². The summed E-state index contributed by atoms with van der Waals surface area (Å²) in [5.41, 5.74) is 18.4. The molecule has 139 heavy (non-hydrogen) atoms. The third kappa shape index (κ3) is 45.1. The number of fused-ring (bicyclic) bond motifs is 6. The highest BCUT2D eigenvalue weighted by atomic mass is 19.2. The van der Waals surface area contributed by atoms with E-state index in [9.17, 15) is 44.7 Å². The summed E-state index contributed by atoms with van der Waals surface area (Å²) < 4.78 is 220. The van der Waals surface area contributed by atoms with Crippen LogP contribution in [0, 0.1) is 46.5 Å². The van der Waals surface area contributed by atoms with Crippen molar-refractivity contribution < 1.29 is 154 Å². The summed E-state index contributed by atoms with van der Waals surface area (Å²) in [7, 11) is 0. The molecule has 0 radical (unpaired) electrons. The maximum absolute atomic E-state index is 13.6. The van der Waals surface area contributed by atoms with Crippen molar-refractivity contribution in [2.75, 3.05) is 351 Å². The van der Waals surface area contributed by atoms with Crippen molar-refractivity contribution in [3.05, 3.63) is 107 Å². The molecule has 0 saturated carbocycles. The van der Waals surface area contributed by atoms with Crippen LogP contribution in [-0.4, -0.2) is 391 Å². The monoisotopic (exact) mass is 1990 g/mol. The van der Waals surface area contributed by atoms with Gasteiger partial charge in [-0.3, -0.25) is 28.8 Å². The quantitative estimate of drug-likeness (QED) is 0.00905. The number of halogens is 8. The van der Waals surface area contributed by atoms with Crippen LogP contribution >= 0.6 is 0 Å². The van der Waals surface area contributed by atoms with E-state index < -0.39 is 76.4 Å². The summed E-state index contributed by atoms with van der Waals surface area (Å²) in [6.45, 7) is 33.0. The zero-order valence-electron chi connectivity index (χ0n) is 79.7. The van der Waals surface area contributed by atoms with E-state index in [-0.39, 0.29) is 45.0 Å². The van der Waals surface area contributed by atoms with Gasteiger partial charge >= 0.3 is 11.9 Å². The lowest BCUT2D eigenvalue weighted by atomic mass is 10.1. The van der Waals surface area contributed by atoms with Gasteiger partial charge in [-0.05, 0) is 37.1 Å². The fourth-order valence-electron chi connectivity index (χ4n) is 13.6. The van der Waals surface area contributed by atoms with Crippen molar-refractivity contribution in [2.24, 2.45) is 0 Å². The Morgan fingerprint density at radius 3 is 0.863 bits per heavy atom. The molecule has 2 fully saturated rings. The van der Waals surface area contributed by atoms with Crippen molar-refractivity contribution in [1.82, 2.24) is 39.3 Å². The summed E-state index contributed by atoms with van der Waals surface area (Å²) in [4.78, 5) is 41.2. The molecule has 6 N–H and O–H groups in total. The number of aliphatic carboxylic acids is 1. The van der Waals surface area contributed by atoms with Gasteiger partial charge in [0.2, 0.25) is 29.0 Å². The average molecular weight is 1990 g/mol. The van der Waals surface area contributed by atoms with Gasteiger partial charge in [0.15, 0.2) is 40.7 Å². The molecule has 2 saturated heterocycles. The number of benzene rings is 4. The highest BCUT2D eigenvalue weighted by Gasteiger charge is 2.26. The Bertz CT molecular complexity index is 4680. The number of aryl methyl sites for hydroxylation is 2. The molecule has 6 heterocycles. The number of phenolic OH excluding ortho intramolecular Hbond substituents is 1. The number of phenols is 1. The predicted molar refractivity (Wildman–Crippen MR) is 499 cm³/mol. The molecule has 4 aromatic heterocycles. The highest BCUT2D eigenvalue weighted by molar-refractivity contribution is 6.09. The minimum atomic E-state index is -1.79. The molecule has 8 aromatic rings. The number of rotatable bonds is 75. The second-order valence-corrected chi connectivity index (χ2v) is 31.3. The van der Waals surface area contributed by atoms with Crippen LogP contribution in [0.4, 0.5) is 58.1 Å². The van der Waals surface area contributed by atoms with Crippen LogP contribution in [-0.2, 0) is 117 Å². The van der Waals surface area contributed by atoms with Gasteiger partial charge in [-0.1, -0.05) is 38.8 Å². The molecule has 10 rings (SSSR count). The number of nitrogen functional groups attached to an aromatic ring is 2. The van der Waals surface area contributed by atoms with Gasteiger partial charge in [0, 0.05) is 136 Å². The number of aromatic nitrogens is 6. The molecule has 4 aromatic carbocycles. The number of esters is 1. The lowest BCUT2D eigenvalue weighted by Crippen LogP contribution is -2.47. The van der Waals surface area contributed by atoms with Crippen LogP contribution in [0.25, 0.3) is 43.6 Å². The summed E-state index contributed by atoms with van der Waals surface area (Å²) in [5.74, 6) is -17.9. The summed E-state index contributed by atoms with van der Waals surface area (Å²) in [6.07, 6.45) is 8.19. The average Bonchev–Trinajstić information content (AvgIpc) is 1.35. The Morgan fingerprint density at radius 2 is 0.590 bits per heavy atom. The van der Waals surface area contributed by atoms with E-state index >= 15 is 0 Å². The third-order valence-corrected chi connectivity index (χ3v) is 21.1. The van der Waals surface area contributed by atoms with Crippen molar-refractivity contribution in [3.63, 3.8) is 0 Å². The zero-order valence-corrected chi connectivity index (χ0v) is 79.7. The number of carbonyl (C=O) groups is 2. The van der Waals surface area contributed by atoms with Gasteiger partial charge in [0.05, 0.1) is 288 Å². The maximum atomic E-state index is 13.6. The van der Waals surface area contributed by atoms with Crippen molar-refractivity contribution in [3.8, 4) is 11.5 Å². The van der Waals surface area contributed by atoms with Crippen LogP contribution in [0.1, 0.15) is 52.4 Å². The molecule has 0 spiro atoms. The minimum absolute atomic E-state index is 0.00361. The number of carboxylic acid groups (broad SMARTS) is 1. The van der Waals surface area contributed by atoms with Gasteiger partial charge in [-0.2, -0.15) is 27.8 Å². The fourth-order valence-corrected chi connectivity index (χ4v) is 13.6. The number of nitrogens with zero attached hydrogens (tertiary/aromatic N) is 10. The third-order valence-electron chi connectivity index (χ3n) is 21.1. The van der Waals surface area contributed by atoms with Crippen LogP contribution in [0.15, 0.2) is 60.9 Å². The topological polar surface area (TPSA) is 395 Å². The first kappa shape index (κ1) is 115. The number of carboxylic acids is 1. The Hall–Kier alpha value is -8.86. The molecular formula is C94H138F8N12O25. The molecule has 0 amide bonds. The molecular weight excluding hydrogens is 1850 g/mol. The number of pyridine rings is 2. The second kappa shape index (κ2) is 69.9. The standard InChI is InChI=1S/C47H68F4N6O12.C41H68N6O12.C6H2F4O/c1-2-3-7-57-35-38-37-5-4-36(33-41(37)53-47(52)45(38)54-57)56-10-8-55(9-11-56)12-14-60-16-18-62-20-22-64-24-26-66-28-30-68-32-31-67-29-27-65-25-23-63-21-19-61-17-15-59-13-6-42(58)69-46-43(50)39(48)34-40(49)44(46)51;1-2-3-7-47-34-37-36-5-4-35(33-38(36)43-41(42)40(37)44-47)46-10-8-45(9-11-46)12-14-51-16-18-53-20-22-55-24-26-57-28-30-59-32-31-58-29-27-56-25-23-54-21-19-52-17-15-50-13-6-39(48)49;7-2-1-3(8)5(10)6(11)4(2)9/h4-5,33-35H,2-3,6-32H2,1H3,(H2,52,53);4-5,33-34H,2-3,6-32H2,1H3,(H2,42,43)(H,48,49);1,11H. The number of piperazine rings is 2. The number of ether oxygens (including phenoxy) is 21. The summed E-state index contributed by atoms with van der Waals surface area (Å²) in [5, 5.41) is 30.5. The Kier molecular flexibility index (Phi) is 58.1. The number of unbranched alkanes of at least 4 members (excludes halogenated alkanes) is 2. The van der Waals surface area contributed by atoms with Gasteiger partial charge in [-0.15, -0.1) is 0 Å². The van der Waals surface area contributed by atoms with E-state index in [2.05, 4.69) is 97.2 Å². The molecule has 37 nitrogen and oxygen atoms in total. The van der Waals surface area contributed by atoms with E-state index in [0.717, 1.165) is 154 Å². The van der Waals surface area contributed by atoms with Crippen LogP contribution in [0.2, 0.25) is 0 Å². The van der Waals surface area contributed by atoms with E-state index in [1.165, 1.54) is 5.69 Å². The van der Waals surface area contributed by atoms with E-state index in [4.69, 9.17) is 126 Å². The van der Waals surface area contributed by atoms with Crippen LogP contribution in [0.3, 0.4) is 0 Å². The van der Waals surface area contributed by atoms with Crippen molar-refractivity contribution in [1.29, 1.82) is 0 Å². The summed E-state index contributed by atoms with van der Waals surface area (Å²) in [6, 6.07) is 13.0. The van der Waals surface area contributed by atoms with Gasteiger partial charge in [0.25, 0.3) is 0 Å². The first-order valence-electron chi connectivity index (χ1n) is 47.2. The first-order valence-corrected chi connectivity index (χ1v) is 47.2. The van der Waals surface area contributed by atoms with E-state index in [1.807, 2.05) is 9.36 Å². The molecule has 0 unspecified atom stereocenters. The zero-order chi connectivity index (χ0) is 99.1. The smallest absolute Gasteiger partial charge is 0.313 e. The number of aromatic hydroxyl groups is 1. The Labute approximate surface area is 804 Å². The minimum Gasteiger partial charge on any atom is -0.503 e. The molecule has 2 aliphatic rings. The van der Waals surface area contributed by atoms with Gasteiger partial charge in [-0.25, -0.2) is 27.5 Å². The lowest BCUT2D eigenvalue weighted by Gasteiger charge is -2.36. The second-order valence-electron chi connectivity index (χ2n) is 31.3. The normalized spacial score (nSPS) is 13.3. The SMILES string of the molecule is CCCCn1cc2c(n1)c(N)nc1cc(N3CCN(CCOCCOCCOCCOCCOCCOCCOCCOCCOCCOCCC(=O)O)CC3)ccc12.CCCCn1cc2c(n1)c(N)nc1cc(N3CCN(CCOCCOCCOCCOCCOCCOCCOCCOCCOCCOCCC(=O)Oc4c(F)c(F)cc(F)c4F)CC3)ccc12.Oc1c(F)c(F)cc(F)c1F. The molecule has 2 aliphatic heterocycles. The van der Waals surface area contributed by atoms with Crippen LogP contribution in [0.5, 0.6) is 11.5 Å². The molecule has 0 bridgehead atoms. The number of anilines is 4. The number of hydrogen-bond donors (Lipinski definition) is 4. The first-order chi connectivity index (χ1) is 67.8. The molecule has 0 aliphatic carbocycles. The van der Waals surface area contributed by atoms with Crippen LogP contribution < -0.4 is 26.0 Å². The lowest BCUT2D eigenvalue weighted by molar-refractivity contribution is -0.138. The Balaban J connectivity index is 0.000000309.